The molecule has 0 bridgehead atoms. The molecule has 8 nitrogen and oxygen atoms in total. The molecule has 0 aliphatic carbocycles. The summed E-state index contributed by atoms with van der Waals surface area (Å²) < 4.78 is 44.6. The van der Waals surface area contributed by atoms with Crippen molar-refractivity contribution in [1.82, 2.24) is 4.72 Å². The molecular formula is C27H27NO7S. The normalized spacial score (nSPS) is 13.4. The Morgan fingerprint density at radius 2 is 1.64 bits per heavy atom. The summed E-state index contributed by atoms with van der Waals surface area (Å²) in [6.07, 6.45) is 0.540. The minimum Gasteiger partial charge on any atom is -0.497 e. The summed E-state index contributed by atoms with van der Waals surface area (Å²) in [5.41, 5.74) is 0.605. The molecule has 1 aromatic heterocycles. The SMILES string of the molecule is CC[C@@H](C)[C@@H](NS(=O)(=O)c1ccc(C)cc1)C(=O)Oc1ccc2c(c1)oc(=O)c1cc(OC)ccc12. The van der Waals surface area contributed by atoms with Gasteiger partial charge in [-0.15, -0.1) is 0 Å². The number of methoxy groups -OCH3 is 1. The average Bonchev–Trinajstić information content (AvgIpc) is 2.86. The minimum atomic E-state index is -3.96. The van der Waals surface area contributed by atoms with Crippen molar-refractivity contribution >= 4 is 37.7 Å². The molecule has 4 rings (SSSR count). The predicted octanol–water partition coefficient (Wildman–Crippen LogP) is 4.56. The molecule has 0 fully saturated rings. The lowest BCUT2D eigenvalue weighted by Gasteiger charge is -2.22. The zero-order valence-electron chi connectivity index (χ0n) is 20.4. The molecule has 0 saturated heterocycles. The van der Waals surface area contributed by atoms with Gasteiger partial charge in [-0.25, -0.2) is 18.0 Å². The van der Waals surface area contributed by atoms with Crippen molar-refractivity contribution in [2.24, 2.45) is 5.92 Å². The van der Waals surface area contributed by atoms with Crippen LogP contribution in [0, 0.1) is 12.8 Å². The van der Waals surface area contributed by atoms with Crippen molar-refractivity contribution < 1.29 is 27.1 Å². The second-order valence-electron chi connectivity index (χ2n) is 8.68. The number of nitrogens with one attached hydrogen (secondary N) is 1. The number of carbonyl (C=O) groups excluding carboxylic acids is 1. The van der Waals surface area contributed by atoms with E-state index in [1.54, 1.807) is 49.4 Å². The Bertz CT molecular complexity index is 1590. The van der Waals surface area contributed by atoms with Crippen LogP contribution in [0.1, 0.15) is 25.8 Å². The van der Waals surface area contributed by atoms with E-state index in [1.807, 2.05) is 13.8 Å². The van der Waals surface area contributed by atoms with E-state index in [2.05, 4.69) is 4.72 Å². The van der Waals surface area contributed by atoms with E-state index in [4.69, 9.17) is 13.9 Å². The van der Waals surface area contributed by atoms with Crippen molar-refractivity contribution in [3.63, 3.8) is 0 Å². The van der Waals surface area contributed by atoms with Crippen LogP contribution in [0.25, 0.3) is 21.7 Å². The Labute approximate surface area is 208 Å². The van der Waals surface area contributed by atoms with Gasteiger partial charge in [0, 0.05) is 16.8 Å². The molecule has 2 atom stereocenters. The molecule has 0 radical (unpaired) electrons. The van der Waals surface area contributed by atoms with Gasteiger partial charge in [0.05, 0.1) is 17.4 Å². The van der Waals surface area contributed by atoms with Crippen LogP contribution in [0.15, 0.2) is 74.8 Å². The standard InChI is InChI=1S/C27H27NO7S/c1-5-17(3)25(28-36(31,32)20-10-6-16(2)7-11-20)27(30)34-19-9-13-22-21-12-8-18(33-4)14-23(21)26(29)35-24(22)15-19/h6-15,17,25,28H,5H2,1-4H3/t17-,25-/m1/s1. The maximum absolute atomic E-state index is 13.1. The number of hydrogen-bond acceptors (Lipinski definition) is 7. The Kier molecular flexibility index (Phi) is 7.14. The van der Waals surface area contributed by atoms with Crippen molar-refractivity contribution in [2.75, 3.05) is 7.11 Å². The zero-order chi connectivity index (χ0) is 26.0. The van der Waals surface area contributed by atoms with Crippen LogP contribution >= 0.6 is 0 Å². The van der Waals surface area contributed by atoms with Crippen molar-refractivity contribution in [1.29, 1.82) is 0 Å². The maximum atomic E-state index is 13.1. The van der Waals surface area contributed by atoms with Gasteiger partial charge in [-0.2, -0.15) is 4.72 Å². The number of fused-ring (bicyclic) bond motifs is 3. The highest BCUT2D eigenvalue weighted by atomic mass is 32.2. The molecule has 9 heteroatoms. The summed E-state index contributed by atoms with van der Waals surface area (Å²) >= 11 is 0. The van der Waals surface area contributed by atoms with Gasteiger partial charge in [0.1, 0.15) is 23.1 Å². The molecule has 0 aliphatic rings. The van der Waals surface area contributed by atoms with E-state index in [-0.39, 0.29) is 22.1 Å². The summed E-state index contributed by atoms with van der Waals surface area (Å²) in [6, 6.07) is 15.0. The molecule has 1 heterocycles. The van der Waals surface area contributed by atoms with Gasteiger partial charge in [-0.1, -0.05) is 38.0 Å². The van der Waals surface area contributed by atoms with E-state index in [1.165, 1.54) is 25.3 Å². The molecule has 36 heavy (non-hydrogen) atoms. The Hall–Kier alpha value is -3.69. The smallest absolute Gasteiger partial charge is 0.344 e. The zero-order valence-corrected chi connectivity index (χ0v) is 21.2. The molecule has 188 valence electrons. The number of rotatable bonds is 8. The fraction of sp³-hybridized carbons (Fsp3) is 0.259. The molecule has 0 aliphatic heterocycles. The average molecular weight is 510 g/mol. The third-order valence-corrected chi connectivity index (χ3v) is 7.65. The number of sulfonamides is 1. The second-order valence-corrected chi connectivity index (χ2v) is 10.4. The first-order chi connectivity index (χ1) is 17.1. The van der Waals surface area contributed by atoms with Crippen LogP contribution < -0.4 is 19.8 Å². The number of carbonyl (C=O) groups is 1. The van der Waals surface area contributed by atoms with Crippen molar-refractivity contribution in [3.05, 3.63) is 76.6 Å². The first-order valence-corrected chi connectivity index (χ1v) is 13.0. The van der Waals surface area contributed by atoms with Gasteiger partial charge in [0.15, 0.2) is 0 Å². The van der Waals surface area contributed by atoms with E-state index in [0.717, 1.165) is 5.56 Å². The number of benzene rings is 3. The summed E-state index contributed by atoms with van der Waals surface area (Å²) in [5, 5.41) is 1.70. The highest BCUT2D eigenvalue weighted by molar-refractivity contribution is 7.89. The molecule has 0 unspecified atom stereocenters. The molecule has 4 aromatic rings. The Morgan fingerprint density at radius 3 is 2.31 bits per heavy atom. The van der Waals surface area contributed by atoms with Crippen LogP contribution in [0.4, 0.5) is 0 Å². The molecular weight excluding hydrogens is 482 g/mol. The number of ether oxygens (including phenoxy) is 2. The summed E-state index contributed by atoms with van der Waals surface area (Å²) in [5.74, 6) is -0.433. The third kappa shape index (κ3) is 5.12. The lowest BCUT2D eigenvalue weighted by Crippen LogP contribution is -2.46. The van der Waals surface area contributed by atoms with E-state index in [0.29, 0.717) is 28.3 Å². The minimum absolute atomic E-state index is 0.0604. The number of aryl methyl sites for hydroxylation is 1. The van der Waals surface area contributed by atoms with E-state index < -0.39 is 27.7 Å². The number of hydrogen-bond donors (Lipinski definition) is 1. The highest BCUT2D eigenvalue weighted by Gasteiger charge is 2.31. The number of esters is 1. The van der Waals surface area contributed by atoms with Crippen LogP contribution in [0.5, 0.6) is 11.5 Å². The van der Waals surface area contributed by atoms with Crippen LogP contribution in [0.2, 0.25) is 0 Å². The van der Waals surface area contributed by atoms with Gasteiger partial charge < -0.3 is 13.9 Å². The molecule has 1 N–H and O–H groups in total. The highest BCUT2D eigenvalue weighted by Crippen LogP contribution is 2.29. The van der Waals surface area contributed by atoms with Gasteiger partial charge in [0.2, 0.25) is 10.0 Å². The van der Waals surface area contributed by atoms with Crippen LogP contribution in [-0.4, -0.2) is 27.5 Å². The fourth-order valence-corrected chi connectivity index (χ4v) is 5.14. The van der Waals surface area contributed by atoms with Gasteiger partial charge in [0.25, 0.3) is 0 Å². The van der Waals surface area contributed by atoms with Gasteiger partial charge in [-0.05, 0) is 55.3 Å². The third-order valence-electron chi connectivity index (χ3n) is 6.19. The first kappa shape index (κ1) is 25.4. The molecule has 0 saturated carbocycles. The van der Waals surface area contributed by atoms with Crippen LogP contribution in [0.3, 0.4) is 0 Å². The lowest BCUT2D eigenvalue weighted by molar-refractivity contribution is -0.137. The van der Waals surface area contributed by atoms with Gasteiger partial charge >= 0.3 is 11.6 Å². The first-order valence-electron chi connectivity index (χ1n) is 11.5. The monoisotopic (exact) mass is 509 g/mol. The van der Waals surface area contributed by atoms with Crippen molar-refractivity contribution in [2.45, 2.75) is 38.1 Å². The summed E-state index contributed by atoms with van der Waals surface area (Å²) in [6.45, 7) is 5.48. The van der Waals surface area contributed by atoms with Gasteiger partial charge in [-0.3, -0.25) is 0 Å². The maximum Gasteiger partial charge on any atom is 0.344 e. The summed E-state index contributed by atoms with van der Waals surface area (Å²) in [7, 11) is -2.45. The van der Waals surface area contributed by atoms with E-state index in [9.17, 15) is 18.0 Å². The molecule has 0 amide bonds. The lowest BCUT2D eigenvalue weighted by atomic mass is 10.0. The molecule has 3 aromatic carbocycles. The topological polar surface area (TPSA) is 112 Å². The van der Waals surface area contributed by atoms with E-state index >= 15 is 0 Å². The van der Waals surface area contributed by atoms with Crippen LogP contribution in [-0.2, 0) is 14.8 Å². The Balaban J connectivity index is 1.64. The fourth-order valence-electron chi connectivity index (χ4n) is 3.85. The Morgan fingerprint density at radius 1 is 0.972 bits per heavy atom. The second kappa shape index (κ2) is 10.1. The predicted molar refractivity (Wildman–Crippen MR) is 137 cm³/mol. The van der Waals surface area contributed by atoms with Crippen molar-refractivity contribution in [3.8, 4) is 11.5 Å². The molecule has 0 spiro atoms. The summed E-state index contributed by atoms with van der Waals surface area (Å²) in [4.78, 5) is 25.7. The largest absolute Gasteiger partial charge is 0.497 e. The quantitative estimate of drug-likeness (QED) is 0.160.